The third-order valence-corrected chi connectivity index (χ3v) is 3.84. The Labute approximate surface area is 126 Å². The van der Waals surface area contributed by atoms with Crippen LogP contribution in [0.1, 0.15) is 38.8 Å². The number of aliphatic hydroxyl groups excluding tert-OH is 1. The summed E-state index contributed by atoms with van der Waals surface area (Å²) in [5.41, 5.74) is 1.70. The highest BCUT2D eigenvalue weighted by molar-refractivity contribution is 5.90. The van der Waals surface area contributed by atoms with Crippen LogP contribution in [0.4, 0.5) is 0 Å². The van der Waals surface area contributed by atoms with Crippen molar-refractivity contribution in [2.24, 2.45) is 11.8 Å². The second kappa shape index (κ2) is 7.93. The normalized spacial score (nSPS) is 13.8. The van der Waals surface area contributed by atoms with Crippen LogP contribution in [0.5, 0.6) is 0 Å². The minimum Gasteiger partial charge on any atom is -0.392 e. The van der Waals surface area contributed by atoms with Crippen LogP contribution in [0, 0.1) is 11.8 Å². The largest absolute Gasteiger partial charge is 0.392 e. The van der Waals surface area contributed by atoms with Gasteiger partial charge >= 0.3 is 0 Å². The topological polar surface area (TPSA) is 66.4 Å². The highest BCUT2D eigenvalue weighted by Crippen LogP contribution is 2.10. The summed E-state index contributed by atoms with van der Waals surface area (Å²) < 4.78 is 0. The minimum atomic E-state index is -0.490. The number of nitrogens with one attached hydrogen (secondary N) is 1. The molecule has 0 radical (unpaired) electrons. The van der Waals surface area contributed by atoms with Crippen LogP contribution in [0.15, 0.2) is 24.3 Å². The molecule has 0 unspecified atom stereocenters. The number of carbonyl (C=O) groups excluding carboxylic acids is 2. The third kappa shape index (κ3) is 5.31. The lowest BCUT2D eigenvalue weighted by Crippen LogP contribution is -2.42. The molecular weight excluding hydrogens is 266 g/mol. The van der Waals surface area contributed by atoms with E-state index in [9.17, 15) is 9.59 Å². The zero-order chi connectivity index (χ0) is 16.0. The predicted molar refractivity (Wildman–Crippen MR) is 82.7 cm³/mol. The Bertz CT molecular complexity index is 479. The highest BCUT2D eigenvalue weighted by Gasteiger charge is 2.21. The second-order valence-corrected chi connectivity index (χ2v) is 5.88. The first kappa shape index (κ1) is 17.4. The molecule has 21 heavy (non-hydrogen) atoms. The van der Waals surface area contributed by atoms with Crippen LogP contribution in [0.3, 0.4) is 0 Å². The molecular formula is C17H25NO3. The summed E-state index contributed by atoms with van der Waals surface area (Å²) in [6.07, 6.45) is 0.281. The first-order chi connectivity index (χ1) is 9.85. The number of Topliss-reactive ketones (excluding diaryl/α,β-unsaturated/α-hetero) is 1. The number of hydrogen-bond donors (Lipinski definition) is 2. The number of rotatable bonds is 7. The summed E-state index contributed by atoms with van der Waals surface area (Å²) in [7, 11) is 0. The van der Waals surface area contributed by atoms with E-state index in [4.69, 9.17) is 5.11 Å². The van der Waals surface area contributed by atoms with Crippen molar-refractivity contribution in [1.29, 1.82) is 0 Å². The molecule has 0 heterocycles. The summed E-state index contributed by atoms with van der Waals surface area (Å²) in [5.74, 6) is 0.0416. The van der Waals surface area contributed by atoms with Gasteiger partial charge in [-0.25, -0.2) is 0 Å². The number of benzene rings is 1. The van der Waals surface area contributed by atoms with Crippen LogP contribution in [-0.4, -0.2) is 22.8 Å². The fraction of sp³-hybridized carbons (Fsp3) is 0.529. The first-order valence-electron chi connectivity index (χ1n) is 7.37. The van der Waals surface area contributed by atoms with Gasteiger partial charge in [-0.1, -0.05) is 45.0 Å². The van der Waals surface area contributed by atoms with E-state index in [0.29, 0.717) is 0 Å². The maximum atomic E-state index is 12.1. The molecule has 0 bridgehead atoms. The first-order valence-corrected chi connectivity index (χ1v) is 7.37. The molecule has 0 aromatic heterocycles. The lowest BCUT2D eigenvalue weighted by Gasteiger charge is -2.19. The number of aliphatic hydroxyl groups is 1. The van der Waals surface area contributed by atoms with Gasteiger partial charge in [0.2, 0.25) is 5.91 Å². The fourth-order valence-corrected chi connectivity index (χ4v) is 1.84. The maximum absolute atomic E-state index is 12.1. The molecule has 1 aromatic carbocycles. The standard InChI is InChI=1S/C17H25NO3/c1-11(2)12(3)17(21)18-13(4)16(20)9-14-5-7-15(10-19)8-6-14/h5-8,11-13,19H,9-10H2,1-4H3,(H,18,21)/t12-,13-/m0/s1. The quantitative estimate of drug-likeness (QED) is 0.808. The smallest absolute Gasteiger partial charge is 0.223 e. The summed E-state index contributed by atoms with van der Waals surface area (Å²) in [6.45, 7) is 7.55. The van der Waals surface area contributed by atoms with E-state index in [1.165, 1.54) is 0 Å². The number of carbonyl (C=O) groups is 2. The highest BCUT2D eigenvalue weighted by atomic mass is 16.3. The van der Waals surface area contributed by atoms with Crippen LogP contribution in [0.25, 0.3) is 0 Å². The average molecular weight is 291 g/mol. The van der Waals surface area contributed by atoms with Gasteiger partial charge in [0.15, 0.2) is 5.78 Å². The number of amides is 1. The second-order valence-electron chi connectivity index (χ2n) is 5.88. The molecule has 0 aliphatic rings. The van der Waals surface area contributed by atoms with Crippen molar-refractivity contribution in [2.45, 2.75) is 46.8 Å². The summed E-state index contributed by atoms with van der Waals surface area (Å²) in [5, 5.41) is 11.8. The van der Waals surface area contributed by atoms with Gasteiger partial charge in [0.1, 0.15) is 0 Å². The van der Waals surface area contributed by atoms with Gasteiger partial charge in [-0.2, -0.15) is 0 Å². The SMILES string of the molecule is CC(C)[C@H](C)C(=O)N[C@@H](C)C(=O)Cc1ccc(CO)cc1. The molecule has 0 saturated carbocycles. The predicted octanol–water partition coefficient (Wildman–Crippen LogP) is 2.09. The van der Waals surface area contributed by atoms with Gasteiger partial charge in [-0.15, -0.1) is 0 Å². The summed E-state index contributed by atoms with van der Waals surface area (Å²) >= 11 is 0. The molecule has 0 fully saturated rings. The molecule has 0 saturated heterocycles. The van der Waals surface area contributed by atoms with Crippen LogP contribution < -0.4 is 5.32 Å². The Hall–Kier alpha value is -1.68. The van der Waals surface area contributed by atoms with E-state index < -0.39 is 6.04 Å². The van der Waals surface area contributed by atoms with Crippen LogP contribution in [0.2, 0.25) is 0 Å². The zero-order valence-electron chi connectivity index (χ0n) is 13.2. The Morgan fingerprint density at radius 1 is 1.05 bits per heavy atom. The molecule has 1 aromatic rings. The maximum Gasteiger partial charge on any atom is 0.223 e. The third-order valence-electron chi connectivity index (χ3n) is 3.84. The molecule has 0 aliphatic carbocycles. The summed E-state index contributed by atoms with van der Waals surface area (Å²) in [4.78, 5) is 24.1. The van der Waals surface area contributed by atoms with E-state index in [0.717, 1.165) is 11.1 Å². The van der Waals surface area contributed by atoms with Crippen molar-refractivity contribution in [3.63, 3.8) is 0 Å². The van der Waals surface area contributed by atoms with E-state index in [1.54, 1.807) is 19.1 Å². The minimum absolute atomic E-state index is 0.00617. The van der Waals surface area contributed by atoms with Crippen molar-refractivity contribution < 1.29 is 14.7 Å². The van der Waals surface area contributed by atoms with Crippen molar-refractivity contribution >= 4 is 11.7 Å². The monoisotopic (exact) mass is 291 g/mol. The molecule has 2 atom stereocenters. The van der Waals surface area contributed by atoms with Gasteiger partial charge in [-0.3, -0.25) is 9.59 Å². The molecule has 0 aliphatic heterocycles. The molecule has 4 nitrogen and oxygen atoms in total. The lowest BCUT2D eigenvalue weighted by atomic mass is 9.96. The van der Waals surface area contributed by atoms with Gasteiger partial charge in [0.05, 0.1) is 12.6 Å². The fourth-order valence-electron chi connectivity index (χ4n) is 1.84. The average Bonchev–Trinajstić information content (AvgIpc) is 2.46. The Morgan fingerprint density at radius 2 is 1.57 bits per heavy atom. The number of hydrogen-bond acceptors (Lipinski definition) is 3. The van der Waals surface area contributed by atoms with Crippen LogP contribution >= 0.6 is 0 Å². The van der Waals surface area contributed by atoms with E-state index in [1.807, 2.05) is 32.9 Å². The van der Waals surface area contributed by atoms with Crippen LogP contribution in [-0.2, 0) is 22.6 Å². The van der Waals surface area contributed by atoms with Crippen molar-refractivity contribution in [3.8, 4) is 0 Å². The van der Waals surface area contributed by atoms with Crippen molar-refractivity contribution in [3.05, 3.63) is 35.4 Å². The van der Waals surface area contributed by atoms with Gasteiger partial charge in [-0.05, 0) is 24.0 Å². The Kier molecular flexibility index (Phi) is 6.56. The van der Waals surface area contributed by atoms with E-state index >= 15 is 0 Å². The molecule has 4 heteroatoms. The Morgan fingerprint density at radius 3 is 2.05 bits per heavy atom. The van der Waals surface area contributed by atoms with Gasteiger partial charge in [0.25, 0.3) is 0 Å². The van der Waals surface area contributed by atoms with Crippen molar-refractivity contribution in [2.75, 3.05) is 0 Å². The summed E-state index contributed by atoms with van der Waals surface area (Å²) in [6, 6.07) is 6.76. The molecule has 1 rings (SSSR count). The molecule has 0 spiro atoms. The van der Waals surface area contributed by atoms with Gasteiger partial charge in [0, 0.05) is 12.3 Å². The van der Waals surface area contributed by atoms with E-state index in [2.05, 4.69) is 5.32 Å². The molecule has 116 valence electrons. The molecule has 2 N–H and O–H groups in total. The lowest BCUT2D eigenvalue weighted by molar-refractivity contribution is -0.130. The zero-order valence-corrected chi connectivity index (χ0v) is 13.2. The number of ketones is 1. The van der Waals surface area contributed by atoms with Crippen molar-refractivity contribution in [1.82, 2.24) is 5.32 Å². The van der Waals surface area contributed by atoms with E-state index in [-0.39, 0.29) is 36.6 Å². The van der Waals surface area contributed by atoms with Gasteiger partial charge < -0.3 is 10.4 Å². The molecule has 1 amide bonds. The Balaban J connectivity index is 2.56.